The van der Waals surface area contributed by atoms with Crippen LogP contribution >= 0.6 is 0 Å². The summed E-state index contributed by atoms with van der Waals surface area (Å²) < 4.78 is 7.26. The standard InChI is InChI=1S/C24H25N5O3/c1-13(2)29-20-8-6-16(10-19(20)25-24(29)31)22-26-23(32-27-22)17-11-21(30)28(12-17)18-7-5-14(3)15(4)9-18/h5-10,13,17H,11-12H2,1-4H3,(H,25,31). The molecule has 1 aliphatic heterocycles. The lowest BCUT2D eigenvalue weighted by molar-refractivity contribution is -0.117. The molecule has 2 aromatic carbocycles. The lowest BCUT2D eigenvalue weighted by atomic mass is 10.1. The van der Waals surface area contributed by atoms with Crippen molar-refractivity contribution in [1.82, 2.24) is 19.7 Å². The fraction of sp³-hybridized carbons (Fsp3) is 0.333. The van der Waals surface area contributed by atoms with Crippen LogP contribution < -0.4 is 10.6 Å². The van der Waals surface area contributed by atoms with Crippen molar-refractivity contribution >= 4 is 22.6 Å². The van der Waals surface area contributed by atoms with E-state index in [4.69, 9.17) is 4.52 Å². The molecule has 0 aliphatic carbocycles. The van der Waals surface area contributed by atoms with Crippen molar-refractivity contribution in [2.45, 2.75) is 46.1 Å². The van der Waals surface area contributed by atoms with Gasteiger partial charge >= 0.3 is 5.69 Å². The van der Waals surface area contributed by atoms with Crippen LogP contribution in [-0.2, 0) is 4.79 Å². The Morgan fingerprint density at radius 3 is 2.66 bits per heavy atom. The first kappa shape index (κ1) is 20.2. The van der Waals surface area contributed by atoms with Gasteiger partial charge in [0.05, 0.1) is 17.0 Å². The van der Waals surface area contributed by atoms with E-state index in [1.807, 2.05) is 57.2 Å². The summed E-state index contributed by atoms with van der Waals surface area (Å²) in [6.07, 6.45) is 0.331. The Bertz CT molecular complexity index is 1390. The van der Waals surface area contributed by atoms with Gasteiger partial charge in [0.15, 0.2) is 0 Å². The van der Waals surface area contributed by atoms with E-state index >= 15 is 0 Å². The number of H-pyrrole nitrogens is 1. The molecule has 164 valence electrons. The summed E-state index contributed by atoms with van der Waals surface area (Å²) in [7, 11) is 0. The average Bonchev–Trinajstić information content (AvgIpc) is 3.45. The van der Waals surface area contributed by atoms with Gasteiger partial charge in [-0.25, -0.2) is 4.79 Å². The summed E-state index contributed by atoms with van der Waals surface area (Å²) in [6, 6.07) is 11.7. The van der Waals surface area contributed by atoms with Gasteiger partial charge in [-0.15, -0.1) is 0 Å². The zero-order valence-corrected chi connectivity index (χ0v) is 18.5. The second-order valence-electron chi connectivity index (χ2n) is 8.76. The van der Waals surface area contributed by atoms with Crippen LogP contribution in [0.25, 0.3) is 22.4 Å². The molecule has 1 amide bonds. The van der Waals surface area contributed by atoms with E-state index in [9.17, 15) is 9.59 Å². The second-order valence-corrected chi connectivity index (χ2v) is 8.76. The Balaban J connectivity index is 1.41. The Kier molecular flexibility index (Phi) is 4.73. The number of carbonyl (C=O) groups is 1. The Hall–Kier alpha value is -3.68. The third-order valence-corrected chi connectivity index (χ3v) is 6.21. The maximum Gasteiger partial charge on any atom is 0.326 e. The highest BCUT2D eigenvalue weighted by atomic mass is 16.5. The van der Waals surface area contributed by atoms with Crippen LogP contribution in [-0.4, -0.2) is 32.1 Å². The van der Waals surface area contributed by atoms with Crippen molar-refractivity contribution in [3.8, 4) is 11.4 Å². The van der Waals surface area contributed by atoms with Gasteiger partial charge in [0, 0.05) is 30.3 Å². The summed E-state index contributed by atoms with van der Waals surface area (Å²) >= 11 is 0. The van der Waals surface area contributed by atoms with Crippen molar-refractivity contribution in [2.24, 2.45) is 0 Å². The van der Waals surface area contributed by atoms with E-state index in [1.165, 1.54) is 5.56 Å². The molecule has 2 aromatic heterocycles. The minimum absolute atomic E-state index is 0.0482. The highest BCUT2D eigenvalue weighted by Gasteiger charge is 2.35. The van der Waals surface area contributed by atoms with Gasteiger partial charge in [0.2, 0.25) is 17.6 Å². The summed E-state index contributed by atoms with van der Waals surface area (Å²) in [5.41, 5.74) is 5.41. The topological polar surface area (TPSA) is 97.0 Å². The van der Waals surface area contributed by atoms with Crippen LogP contribution in [0.4, 0.5) is 5.69 Å². The van der Waals surface area contributed by atoms with Gasteiger partial charge in [0.25, 0.3) is 0 Å². The van der Waals surface area contributed by atoms with Crippen molar-refractivity contribution in [3.63, 3.8) is 0 Å². The molecule has 8 heteroatoms. The number of benzene rings is 2. The molecular weight excluding hydrogens is 406 g/mol. The quantitative estimate of drug-likeness (QED) is 0.525. The highest BCUT2D eigenvalue weighted by Crippen LogP contribution is 2.33. The number of fused-ring (bicyclic) bond motifs is 1. The Morgan fingerprint density at radius 2 is 1.91 bits per heavy atom. The molecule has 4 aromatic rings. The summed E-state index contributed by atoms with van der Waals surface area (Å²) in [5.74, 6) is 0.785. The molecule has 1 aliphatic rings. The molecule has 1 fully saturated rings. The number of rotatable bonds is 4. The number of aromatic amines is 1. The molecule has 1 N–H and O–H groups in total. The average molecular weight is 431 g/mol. The molecule has 3 heterocycles. The normalized spacial score (nSPS) is 16.6. The van der Waals surface area contributed by atoms with Crippen molar-refractivity contribution in [1.29, 1.82) is 0 Å². The van der Waals surface area contributed by atoms with Crippen LogP contribution in [0, 0.1) is 13.8 Å². The van der Waals surface area contributed by atoms with Crippen molar-refractivity contribution in [2.75, 3.05) is 11.4 Å². The van der Waals surface area contributed by atoms with E-state index in [1.54, 1.807) is 9.47 Å². The van der Waals surface area contributed by atoms with Gasteiger partial charge in [-0.3, -0.25) is 9.36 Å². The fourth-order valence-electron chi connectivity index (χ4n) is 4.32. The SMILES string of the molecule is Cc1ccc(N2CC(c3nc(-c4ccc5c(c4)[nH]c(=O)n5C(C)C)no3)CC2=O)cc1C. The molecule has 0 radical (unpaired) electrons. The lowest BCUT2D eigenvalue weighted by Gasteiger charge is -2.17. The van der Waals surface area contributed by atoms with Crippen LogP contribution in [0.1, 0.15) is 49.2 Å². The van der Waals surface area contributed by atoms with E-state index in [0.717, 1.165) is 27.8 Å². The first-order valence-electron chi connectivity index (χ1n) is 10.8. The first-order valence-corrected chi connectivity index (χ1v) is 10.8. The second kappa shape index (κ2) is 7.47. The lowest BCUT2D eigenvalue weighted by Crippen LogP contribution is -2.24. The highest BCUT2D eigenvalue weighted by molar-refractivity contribution is 5.96. The number of hydrogen-bond donors (Lipinski definition) is 1. The molecule has 5 rings (SSSR count). The molecule has 1 atom stereocenters. The molecule has 0 saturated carbocycles. The van der Waals surface area contributed by atoms with Crippen molar-refractivity contribution < 1.29 is 9.32 Å². The van der Waals surface area contributed by atoms with Gasteiger partial charge < -0.3 is 14.4 Å². The Morgan fingerprint density at radius 1 is 1.09 bits per heavy atom. The van der Waals surface area contributed by atoms with E-state index in [-0.39, 0.29) is 23.6 Å². The fourth-order valence-corrected chi connectivity index (χ4v) is 4.32. The summed E-state index contributed by atoms with van der Waals surface area (Å²) in [6.45, 7) is 8.54. The monoisotopic (exact) mass is 431 g/mol. The van der Waals surface area contributed by atoms with Crippen LogP contribution in [0.2, 0.25) is 0 Å². The molecule has 32 heavy (non-hydrogen) atoms. The zero-order valence-electron chi connectivity index (χ0n) is 18.5. The van der Waals surface area contributed by atoms with E-state index in [2.05, 4.69) is 22.0 Å². The number of carbonyl (C=O) groups excluding carboxylic acids is 1. The molecule has 0 bridgehead atoms. The zero-order chi connectivity index (χ0) is 22.6. The number of nitrogens with zero attached hydrogens (tertiary/aromatic N) is 4. The molecular formula is C24H25N5O3. The number of hydrogen-bond acceptors (Lipinski definition) is 5. The number of imidazole rings is 1. The number of anilines is 1. The summed E-state index contributed by atoms with van der Waals surface area (Å²) in [5, 5.41) is 4.14. The minimum Gasteiger partial charge on any atom is -0.339 e. The predicted molar refractivity (Wildman–Crippen MR) is 122 cm³/mol. The third kappa shape index (κ3) is 3.32. The first-order chi connectivity index (χ1) is 15.3. The number of aromatic nitrogens is 4. The maximum absolute atomic E-state index is 12.7. The smallest absolute Gasteiger partial charge is 0.326 e. The van der Waals surface area contributed by atoms with Gasteiger partial charge in [-0.2, -0.15) is 4.98 Å². The number of aryl methyl sites for hydroxylation is 2. The van der Waals surface area contributed by atoms with Gasteiger partial charge in [-0.05, 0) is 69.2 Å². The third-order valence-electron chi connectivity index (χ3n) is 6.21. The van der Waals surface area contributed by atoms with Gasteiger partial charge in [0.1, 0.15) is 0 Å². The van der Waals surface area contributed by atoms with Crippen LogP contribution in [0.15, 0.2) is 45.7 Å². The maximum atomic E-state index is 12.7. The Labute approximate surface area is 184 Å². The molecule has 0 spiro atoms. The van der Waals surface area contributed by atoms with Crippen LogP contribution in [0.3, 0.4) is 0 Å². The number of amides is 1. The van der Waals surface area contributed by atoms with Gasteiger partial charge in [-0.1, -0.05) is 11.2 Å². The van der Waals surface area contributed by atoms with E-state index in [0.29, 0.717) is 24.7 Å². The minimum atomic E-state index is -0.157. The molecule has 1 unspecified atom stereocenters. The van der Waals surface area contributed by atoms with Crippen LogP contribution in [0.5, 0.6) is 0 Å². The van der Waals surface area contributed by atoms with Crippen molar-refractivity contribution in [3.05, 3.63) is 63.9 Å². The number of nitrogens with one attached hydrogen (secondary N) is 1. The van der Waals surface area contributed by atoms with E-state index < -0.39 is 0 Å². The predicted octanol–water partition coefficient (Wildman–Crippen LogP) is 4.10. The summed E-state index contributed by atoms with van der Waals surface area (Å²) in [4.78, 5) is 34.2. The molecule has 1 saturated heterocycles. The molecule has 8 nitrogen and oxygen atoms in total. The largest absolute Gasteiger partial charge is 0.339 e.